The molecule has 1 aromatic carbocycles. The van der Waals surface area contributed by atoms with Gasteiger partial charge in [-0.25, -0.2) is 17.9 Å². The lowest BCUT2D eigenvalue weighted by molar-refractivity contribution is 0.0596. The number of methoxy groups -OCH3 is 1. The summed E-state index contributed by atoms with van der Waals surface area (Å²) in [5.74, 6) is -0.429. The SMILES string of the molecule is COC(=O)c1ccccc1S(=O)(=O)NC(CN)C1CCCCC1. The van der Waals surface area contributed by atoms with Gasteiger partial charge in [0.05, 0.1) is 17.6 Å². The third-order valence-electron chi connectivity index (χ3n) is 4.36. The van der Waals surface area contributed by atoms with Gasteiger partial charge in [0.25, 0.3) is 0 Å². The zero-order valence-corrected chi connectivity index (χ0v) is 14.1. The van der Waals surface area contributed by atoms with Crippen molar-refractivity contribution in [2.75, 3.05) is 13.7 Å². The lowest BCUT2D eigenvalue weighted by Crippen LogP contribution is -2.46. The average molecular weight is 340 g/mol. The van der Waals surface area contributed by atoms with Gasteiger partial charge >= 0.3 is 5.97 Å². The third kappa shape index (κ3) is 4.31. The van der Waals surface area contributed by atoms with Crippen molar-refractivity contribution in [3.8, 4) is 0 Å². The van der Waals surface area contributed by atoms with Crippen LogP contribution in [0.15, 0.2) is 29.2 Å². The first-order valence-corrected chi connectivity index (χ1v) is 9.37. The lowest BCUT2D eigenvalue weighted by atomic mass is 9.84. The van der Waals surface area contributed by atoms with Crippen LogP contribution in [-0.2, 0) is 14.8 Å². The first kappa shape index (κ1) is 17.9. The van der Waals surface area contributed by atoms with Crippen molar-refractivity contribution in [1.29, 1.82) is 0 Å². The number of carbonyl (C=O) groups is 1. The summed E-state index contributed by atoms with van der Waals surface area (Å²) >= 11 is 0. The average Bonchev–Trinajstić information content (AvgIpc) is 2.59. The second-order valence-corrected chi connectivity index (χ2v) is 7.53. The van der Waals surface area contributed by atoms with E-state index < -0.39 is 16.0 Å². The van der Waals surface area contributed by atoms with Crippen molar-refractivity contribution < 1.29 is 17.9 Å². The van der Waals surface area contributed by atoms with Crippen LogP contribution in [0.3, 0.4) is 0 Å². The maximum Gasteiger partial charge on any atom is 0.339 e. The van der Waals surface area contributed by atoms with Gasteiger partial charge in [-0.2, -0.15) is 0 Å². The van der Waals surface area contributed by atoms with Gasteiger partial charge < -0.3 is 10.5 Å². The Labute approximate surface area is 137 Å². The van der Waals surface area contributed by atoms with Gasteiger partial charge in [0.1, 0.15) is 0 Å². The monoisotopic (exact) mass is 340 g/mol. The zero-order chi connectivity index (χ0) is 16.9. The van der Waals surface area contributed by atoms with Gasteiger partial charge in [-0.1, -0.05) is 31.4 Å². The van der Waals surface area contributed by atoms with E-state index in [2.05, 4.69) is 9.46 Å². The van der Waals surface area contributed by atoms with Crippen LogP contribution in [0, 0.1) is 5.92 Å². The quantitative estimate of drug-likeness (QED) is 0.767. The van der Waals surface area contributed by atoms with Crippen LogP contribution in [-0.4, -0.2) is 34.1 Å². The number of sulfonamides is 1. The van der Waals surface area contributed by atoms with Crippen LogP contribution in [0.2, 0.25) is 0 Å². The highest BCUT2D eigenvalue weighted by Gasteiger charge is 2.29. The van der Waals surface area contributed by atoms with Crippen molar-refractivity contribution in [3.63, 3.8) is 0 Å². The molecule has 1 aliphatic rings. The predicted molar refractivity (Wildman–Crippen MR) is 87.5 cm³/mol. The Kier molecular flexibility index (Phi) is 6.15. The molecule has 7 heteroatoms. The van der Waals surface area contributed by atoms with Crippen LogP contribution in [0.4, 0.5) is 0 Å². The largest absolute Gasteiger partial charge is 0.465 e. The lowest BCUT2D eigenvalue weighted by Gasteiger charge is -2.30. The van der Waals surface area contributed by atoms with Crippen LogP contribution in [0.5, 0.6) is 0 Å². The van der Waals surface area contributed by atoms with Crippen molar-refractivity contribution >= 4 is 16.0 Å². The van der Waals surface area contributed by atoms with E-state index in [0.717, 1.165) is 25.7 Å². The molecule has 1 aromatic rings. The summed E-state index contributed by atoms with van der Waals surface area (Å²) in [6.07, 6.45) is 5.33. The summed E-state index contributed by atoms with van der Waals surface area (Å²) < 4.78 is 32.8. The Balaban J connectivity index is 2.25. The number of hydrogen-bond acceptors (Lipinski definition) is 5. The number of hydrogen-bond donors (Lipinski definition) is 2. The van der Waals surface area contributed by atoms with Gasteiger partial charge in [0.15, 0.2) is 0 Å². The van der Waals surface area contributed by atoms with E-state index in [9.17, 15) is 13.2 Å². The molecule has 3 N–H and O–H groups in total. The molecule has 0 aromatic heterocycles. The summed E-state index contributed by atoms with van der Waals surface area (Å²) in [6.45, 7) is 0.240. The summed E-state index contributed by atoms with van der Waals surface area (Å²) in [6, 6.07) is 5.72. The fourth-order valence-corrected chi connectivity index (χ4v) is 4.63. The van der Waals surface area contributed by atoms with Gasteiger partial charge in [-0.3, -0.25) is 0 Å². The summed E-state index contributed by atoms with van der Waals surface area (Å²) in [7, 11) is -2.61. The minimum absolute atomic E-state index is 0.0296. The van der Waals surface area contributed by atoms with Gasteiger partial charge in [0.2, 0.25) is 10.0 Å². The van der Waals surface area contributed by atoms with E-state index in [1.807, 2.05) is 0 Å². The molecule has 0 spiro atoms. The first-order chi connectivity index (χ1) is 11.0. The first-order valence-electron chi connectivity index (χ1n) is 7.89. The number of carbonyl (C=O) groups excluding carboxylic acids is 1. The van der Waals surface area contributed by atoms with Gasteiger partial charge in [-0.15, -0.1) is 0 Å². The van der Waals surface area contributed by atoms with Crippen molar-refractivity contribution in [2.24, 2.45) is 11.7 Å². The molecule has 1 fully saturated rings. The van der Waals surface area contributed by atoms with Crippen molar-refractivity contribution in [3.05, 3.63) is 29.8 Å². The van der Waals surface area contributed by atoms with E-state index in [1.54, 1.807) is 12.1 Å². The highest BCUT2D eigenvalue weighted by atomic mass is 32.2. The van der Waals surface area contributed by atoms with E-state index >= 15 is 0 Å². The molecule has 128 valence electrons. The molecular formula is C16H24N2O4S. The molecule has 0 radical (unpaired) electrons. The minimum atomic E-state index is -3.84. The van der Waals surface area contributed by atoms with Crippen LogP contribution >= 0.6 is 0 Å². The van der Waals surface area contributed by atoms with Gasteiger partial charge in [-0.05, 0) is 30.9 Å². The van der Waals surface area contributed by atoms with Gasteiger partial charge in [0, 0.05) is 12.6 Å². The number of rotatable bonds is 6. The molecule has 1 aliphatic carbocycles. The van der Waals surface area contributed by atoms with E-state index in [0.29, 0.717) is 0 Å². The standard InChI is InChI=1S/C16H24N2O4S/c1-22-16(19)13-9-5-6-10-15(13)23(20,21)18-14(11-17)12-7-3-2-4-8-12/h5-6,9-10,12,14,18H,2-4,7-8,11,17H2,1H3. The molecule has 0 bridgehead atoms. The maximum absolute atomic E-state index is 12.7. The molecule has 1 unspecified atom stereocenters. The van der Waals surface area contributed by atoms with E-state index in [4.69, 9.17) is 5.73 Å². The Hall–Kier alpha value is -1.44. The highest BCUT2D eigenvalue weighted by Crippen LogP contribution is 2.27. The molecule has 6 nitrogen and oxygen atoms in total. The molecule has 0 saturated heterocycles. The van der Waals surface area contributed by atoms with Crippen molar-refractivity contribution in [2.45, 2.75) is 43.0 Å². The number of nitrogens with two attached hydrogens (primary N) is 1. The molecule has 1 atom stereocenters. The Bertz CT molecular complexity index is 639. The Morgan fingerprint density at radius 3 is 2.57 bits per heavy atom. The van der Waals surface area contributed by atoms with Crippen LogP contribution < -0.4 is 10.5 Å². The van der Waals surface area contributed by atoms with Crippen LogP contribution in [0.25, 0.3) is 0 Å². The van der Waals surface area contributed by atoms with Crippen molar-refractivity contribution in [1.82, 2.24) is 4.72 Å². The normalized spacial score (nSPS) is 17.7. The highest BCUT2D eigenvalue weighted by molar-refractivity contribution is 7.89. The minimum Gasteiger partial charge on any atom is -0.465 e. The summed E-state index contributed by atoms with van der Waals surface area (Å²) in [4.78, 5) is 11.7. The third-order valence-corrected chi connectivity index (χ3v) is 5.91. The smallest absolute Gasteiger partial charge is 0.339 e. The molecule has 0 aliphatic heterocycles. The second kappa shape index (κ2) is 7.90. The molecule has 1 saturated carbocycles. The number of ether oxygens (including phenoxy) is 1. The zero-order valence-electron chi connectivity index (χ0n) is 13.3. The molecule has 0 heterocycles. The van der Waals surface area contributed by atoms with E-state index in [1.165, 1.54) is 25.7 Å². The fraction of sp³-hybridized carbons (Fsp3) is 0.562. The van der Waals surface area contributed by atoms with E-state index in [-0.39, 0.29) is 29.0 Å². The molecule has 23 heavy (non-hydrogen) atoms. The topological polar surface area (TPSA) is 98.5 Å². The Morgan fingerprint density at radius 2 is 1.96 bits per heavy atom. The molecule has 2 rings (SSSR count). The molecular weight excluding hydrogens is 316 g/mol. The van der Waals surface area contributed by atoms with Crippen LogP contribution in [0.1, 0.15) is 42.5 Å². The number of benzene rings is 1. The second-order valence-electron chi connectivity index (χ2n) is 5.85. The predicted octanol–water partition coefficient (Wildman–Crippen LogP) is 1.66. The Morgan fingerprint density at radius 1 is 1.30 bits per heavy atom. The fourth-order valence-electron chi connectivity index (χ4n) is 3.12. The molecule has 0 amide bonds. The summed E-state index contributed by atoms with van der Waals surface area (Å²) in [5, 5.41) is 0. The number of esters is 1. The maximum atomic E-state index is 12.7. The summed E-state index contributed by atoms with van der Waals surface area (Å²) in [5.41, 5.74) is 5.82. The number of nitrogens with one attached hydrogen (secondary N) is 1.